The van der Waals surface area contributed by atoms with Crippen molar-refractivity contribution in [2.45, 2.75) is 6.18 Å². The highest BCUT2D eigenvalue weighted by molar-refractivity contribution is 6.30. The van der Waals surface area contributed by atoms with Crippen LogP contribution in [-0.4, -0.2) is 9.97 Å². The summed E-state index contributed by atoms with van der Waals surface area (Å²) >= 11 is 5.77. The molecule has 0 radical (unpaired) electrons. The summed E-state index contributed by atoms with van der Waals surface area (Å²) in [5, 5.41) is 3.13. The van der Waals surface area contributed by atoms with Crippen LogP contribution in [0.3, 0.4) is 0 Å². The standard InChI is InChI=1S/C11H8ClF3N4/c12-6-2-1-3-7(4-6)17-9-5-8(16)18-10(19-9)11(13,14)15/h1-5H,(H3,16,17,18,19). The van der Waals surface area contributed by atoms with Crippen molar-refractivity contribution in [1.29, 1.82) is 0 Å². The lowest BCUT2D eigenvalue weighted by Gasteiger charge is -2.10. The molecular weight excluding hydrogens is 281 g/mol. The zero-order valence-corrected chi connectivity index (χ0v) is 10.1. The number of nitrogen functional groups attached to an aromatic ring is 1. The van der Waals surface area contributed by atoms with Crippen LogP contribution in [-0.2, 0) is 6.18 Å². The Balaban J connectivity index is 2.33. The molecule has 0 spiro atoms. The topological polar surface area (TPSA) is 63.8 Å². The minimum atomic E-state index is -4.65. The molecule has 2 aromatic rings. The lowest BCUT2D eigenvalue weighted by Crippen LogP contribution is -2.13. The number of rotatable bonds is 2. The van der Waals surface area contributed by atoms with Crippen LogP contribution in [0.4, 0.5) is 30.5 Å². The van der Waals surface area contributed by atoms with Crippen molar-refractivity contribution in [3.05, 3.63) is 41.2 Å². The van der Waals surface area contributed by atoms with Crippen molar-refractivity contribution in [2.75, 3.05) is 11.1 Å². The van der Waals surface area contributed by atoms with Gasteiger partial charge in [-0.25, -0.2) is 9.97 Å². The van der Waals surface area contributed by atoms with Gasteiger partial charge in [0.05, 0.1) is 0 Å². The Bertz CT molecular complexity index is 601. The summed E-state index contributed by atoms with van der Waals surface area (Å²) in [6.07, 6.45) is -4.65. The number of aromatic nitrogens is 2. The largest absolute Gasteiger partial charge is 0.451 e. The maximum atomic E-state index is 12.5. The monoisotopic (exact) mass is 288 g/mol. The van der Waals surface area contributed by atoms with Crippen LogP contribution in [0.5, 0.6) is 0 Å². The molecule has 2 rings (SSSR count). The molecule has 19 heavy (non-hydrogen) atoms. The first kappa shape index (κ1) is 13.4. The molecule has 4 nitrogen and oxygen atoms in total. The fourth-order valence-corrected chi connectivity index (χ4v) is 1.56. The van der Waals surface area contributed by atoms with Crippen molar-refractivity contribution in [3.8, 4) is 0 Å². The number of alkyl halides is 3. The first-order valence-electron chi connectivity index (χ1n) is 5.09. The van der Waals surface area contributed by atoms with Gasteiger partial charge in [0, 0.05) is 16.8 Å². The lowest BCUT2D eigenvalue weighted by molar-refractivity contribution is -0.144. The normalized spacial score (nSPS) is 11.4. The van der Waals surface area contributed by atoms with E-state index in [-0.39, 0.29) is 11.6 Å². The van der Waals surface area contributed by atoms with Gasteiger partial charge >= 0.3 is 6.18 Å². The molecule has 8 heteroatoms. The second kappa shape index (κ2) is 4.93. The number of nitrogens with one attached hydrogen (secondary N) is 1. The van der Waals surface area contributed by atoms with E-state index in [1.165, 1.54) is 6.07 Å². The molecule has 3 N–H and O–H groups in total. The van der Waals surface area contributed by atoms with Crippen molar-refractivity contribution in [1.82, 2.24) is 9.97 Å². The summed E-state index contributed by atoms with van der Waals surface area (Å²) in [7, 11) is 0. The summed E-state index contributed by atoms with van der Waals surface area (Å²) in [6.45, 7) is 0. The van der Waals surface area contributed by atoms with Gasteiger partial charge in [0.1, 0.15) is 11.6 Å². The van der Waals surface area contributed by atoms with Crippen LogP contribution in [0.15, 0.2) is 30.3 Å². The molecule has 0 unspecified atom stereocenters. The number of anilines is 3. The molecule has 1 aromatic heterocycles. The molecule has 0 saturated heterocycles. The zero-order chi connectivity index (χ0) is 14.0. The van der Waals surface area contributed by atoms with Gasteiger partial charge in [-0.2, -0.15) is 13.2 Å². The van der Waals surface area contributed by atoms with E-state index in [0.29, 0.717) is 10.7 Å². The molecule has 0 amide bonds. The zero-order valence-electron chi connectivity index (χ0n) is 9.37. The van der Waals surface area contributed by atoms with E-state index in [1.54, 1.807) is 24.3 Å². The lowest BCUT2D eigenvalue weighted by atomic mass is 10.3. The first-order chi connectivity index (χ1) is 8.84. The van der Waals surface area contributed by atoms with Crippen molar-refractivity contribution in [2.24, 2.45) is 0 Å². The third-order valence-corrected chi connectivity index (χ3v) is 2.33. The van der Waals surface area contributed by atoms with E-state index in [9.17, 15) is 13.2 Å². The maximum absolute atomic E-state index is 12.5. The van der Waals surface area contributed by atoms with Gasteiger partial charge in [-0.15, -0.1) is 0 Å². The van der Waals surface area contributed by atoms with E-state index in [2.05, 4.69) is 15.3 Å². The highest BCUT2D eigenvalue weighted by Gasteiger charge is 2.35. The fraction of sp³-hybridized carbons (Fsp3) is 0.0909. The molecule has 0 atom stereocenters. The van der Waals surface area contributed by atoms with Gasteiger partial charge in [0.25, 0.3) is 0 Å². The predicted molar refractivity (Wildman–Crippen MR) is 66.2 cm³/mol. The predicted octanol–water partition coefficient (Wildman–Crippen LogP) is 3.47. The summed E-state index contributed by atoms with van der Waals surface area (Å²) in [6, 6.07) is 7.68. The average Bonchev–Trinajstić information content (AvgIpc) is 2.26. The molecule has 0 aliphatic heterocycles. The minimum Gasteiger partial charge on any atom is -0.384 e. The first-order valence-corrected chi connectivity index (χ1v) is 5.47. The molecular formula is C11H8ClF3N4. The number of hydrogen-bond acceptors (Lipinski definition) is 4. The fourth-order valence-electron chi connectivity index (χ4n) is 1.37. The quantitative estimate of drug-likeness (QED) is 0.888. The molecule has 0 bridgehead atoms. The van der Waals surface area contributed by atoms with Gasteiger partial charge < -0.3 is 11.1 Å². The van der Waals surface area contributed by atoms with Crippen molar-refractivity contribution in [3.63, 3.8) is 0 Å². The summed E-state index contributed by atoms with van der Waals surface area (Å²) in [5.74, 6) is -1.62. The van der Waals surface area contributed by atoms with Gasteiger partial charge in [0.2, 0.25) is 5.82 Å². The van der Waals surface area contributed by atoms with E-state index >= 15 is 0 Å². The Kier molecular flexibility index (Phi) is 3.48. The molecule has 1 aromatic carbocycles. The van der Waals surface area contributed by atoms with E-state index in [1.807, 2.05) is 0 Å². The van der Waals surface area contributed by atoms with Crippen LogP contribution < -0.4 is 11.1 Å². The molecule has 0 fully saturated rings. The second-order valence-electron chi connectivity index (χ2n) is 3.63. The smallest absolute Gasteiger partial charge is 0.384 e. The minimum absolute atomic E-state index is 0.0536. The van der Waals surface area contributed by atoms with Gasteiger partial charge in [-0.3, -0.25) is 0 Å². The van der Waals surface area contributed by atoms with E-state index in [0.717, 1.165) is 0 Å². The summed E-state index contributed by atoms with van der Waals surface area (Å²) in [4.78, 5) is 6.50. The van der Waals surface area contributed by atoms with Crippen LogP contribution in [0.2, 0.25) is 5.02 Å². The number of nitrogens with two attached hydrogens (primary N) is 1. The van der Waals surface area contributed by atoms with E-state index < -0.39 is 12.0 Å². The van der Waals surface area contributed by atoms with Crippen LogP contribution in [0, 0.1) is 0 Å². The van der Waals surface area contributed by atoms with Gasteiger partial charge in [-0.05, 0) is 18.2 Å². The summed E-state index contributed by atoms with van der Waals surface area (Å²) in [5.41, 5.74) is 5.82. The molecule has 0 aliphatic rings. The van der Waals surface area contributed by atoms with Crippen molar-refractivity contribution < 1.29 is 13.2 Å². The molecule has 1 heterocycles. The number of hydrogen-bond donors (Lipinski definition) is 2. The highest BCUT2D eigenvalue weighted by Crippen LogP contribution is 2.28. The summed E-state index contributed by atoms with van der Waals surface area (Å²) < 4.78 is 37.6. The number of nitrogens with zero attached hydrogens (tertiary/aromatic N) is 2. The highest BCUT2D eigenvalue weighted by atomic mass is 35.5. The van der Waals surface area contributed by atoms with Crippen LogP contribution >= 0.6 is 11.6 Å². The Hall–Kier alpha value is -2.02. The van der Waals surface area contributed by atoms with Gasteiger partial charge in [-0.1, -0.05) is 17.7 Å². The third kappa shape index (κ3) is 3.47. The Morgan fingerprint density at radius 3 is 2.53 bits per heavy atom. The number of benzene rings is 1. The Morgan fingerprint density at radius 2 is 1.89 bits per heavy atom. The Morgan fingerprint density at radius 1 is 1.16 bits per heavy atom. The number of halogens is 4. The third-order valence-electron chi connectivity index (χ3n) is 2.10. The van der Waals surface area contributed by atoms with Gasteiger partial charge in [0.15, 0.2) is 0 Å². The second-order valence-corrected chi connectivity index (χ2v) is 4.07. The maximum Gasteiger partial charge on any atom is 0.451 e. The van der Waals surface area contributed by atoms with Crippen LogP contribution in [0.1, 0.15) is 5.82 Å². The molecule has 100 valence electrons. The SMILES string of the molecule is Nc1cc(Nc2cccc(Cl)c2)nc(C(F)(F)F)n1. The van der Waals surface area contributed by atoms with E-state index in [4.69, 9.17) is 17.3 Å². The Labute approximate surface area is 111 Å². The van der Waals surface area contributed by atoms with Crippen molar-refractivity contribution >= 4 is 28.9 Å². The molecule has 0 saturated carbocycles. The van der Waals surface area contributed by atoms with Crippen LogP contribution in [0.25, 0.3) is 0 Å². The molecule has 0 aliphatic carbocycles. The average molecular weight is 289 g/mol.